The molecule has 0 spiro atoms. The maximum atomic E-state index is 13.1. The predicted molar refractivity (Wildman–Crippen MR) is 138 cm³/mol. The summed E-state index contributed by atoms with van der Waals surface area (Å²) in [6.07, 6.45) is 0.265. The molecule has 2 saturated heterocycles. The molecule has 1 aromatic carbocycles. The number of nitrogens with one attached hydrogen (secondary N) is 2. The van der Waals surface area contributed by atoms with Gasteiger partial charge in [-0.1, -0.05) is 24.3 Å². The number of anilines is 2. The number of piperazine rings is 1. The van der Waals surface area contributed by atoms with Crippen molar-refractivity contribution >= 4 is 23.6 Å². The smallest absolute Gasteiger partial charge is 0.270 e. The van der Waals surface area contributed by atoms with Crippen molar-refractivity contribution in [3.8, 4) is 0 Å². The predicted octanol–water partition coefficient (Wildman–Crippen LogP) is 0.105. The Labute approximate surface area is 216 Å². The van der Waals surface area contributed by atoms with E-state index in [0.717, 1.165) is 19.5 Å². The molecule has 11 nitrogen and oxygen atoms in total. The topological polar surface area (TPSA) is 123 Å². The quantitative estimate of drug-likeness (QED) is 0.455. The van der Waals surface area contributed by atoms with Crippen molar-refractivity contribution in [1.82, 2.24) is 25.1 Å². The molecule has 1 aromatic heterocycles. The van der Waals surface area contributed by atoms with Gasteiger partial charge in [-0.05, 0) is 17.5 Å². The Balaban J connectivity index is 1.20. The number of aliphatic hydroxyl groups is 1. The molecule has 0 aliphatic carbocycles. The van der Waals surface area contributed by atoms with Crippen molar-refractivity contribution in [2.45, 2.75) is 32.0 Å². The first-order chi connectivity index (χ1) is 17.9. The van der Waals surface area contributed by atoms with Crippen LogP contribution in [0, 0.1) is 0 Å². The summed E-state index contributed by atoms with van der Waals surface area (Å²) in [6.45, 7) is 7.40. The number of β-amino-alcohol motifs (C(OH)–C–C–N with tert-alkyl or cyclic N) is 1. The van der Waals surface area contributed by atoms with Crippen molar-refractivity contribution in [2.24, 2.45) is 0 Å². The second kappa shape index (κ2) is 11.4. The molecule has 2 aromatic rings. The average Bonchev–Trinajstić information content (AvgIpc) is 2.89. The Morgan fingerprint density at radius 2 is 1.86 bits per heavy atom. The molecular weight excluding hydrogens is 474 g/mol. The van der Waals surface area contributed by atoms with Crippen LogP contribution >= 0.6 is 0 Å². The van der Waals surface area contributed by atoms with Crippen molar-refractivity contribution in [2.75, 3.05) is 69.2 Å². The number of hydrogen-bond donors (Lipinski definition) is 3. The molecular formula is C26H35N7O4. The van der Waals surface area contributed by atoms with Crippen LogP contribution in [0.4, 0.5) is 11.8 Å². The van der Waals surface area contributed by atoms with Crippen LogP contribution in [0.15, 0.2) is 30.3 Å². The molecule has 0 saturated carbocycles. The van der Waals surface area contributed by atoms with E-state index in [9.17, 15) is 14.7 Å². The Morgan fingerprint density at radius 3 is 2.57 bits per heavy atom. The minimum absolute atomic E-state index is 0.0494. The number of aromatic nitrogens is 2. The second-order valence-corrected chi connectivity index (χ2v) is 9.93. The number of aliphatic hydroxyl groups excluding tert-OH is 1. The number of hydrogen-bond acceptors (Lipinski definition) is 9. The van der Waals surface area contributed by atoms with Gasteiger partial charge in [0.2, 0.25) is 11.9 Å². The summed E-state index contributed by atoms with van der Waals surface area (Å²) >= 11 is 0. The van der Waals surface area contributed by atoms with Crippen molar-refractivity contribution in [1.29, 1.82) is 0 Å². The number of nitrogens with zero attached hydrogens (tertiary/aromatic N) is 5. The van der Waals surface area contributed by atoms with Crippen LogP contribution in [-0.4, -0.2) is 108 Å². The summed E-state index contributed by atoms with van der Waals surface area (Å²) in [6, 6.07) is 10.2. The van der Waals surface area contributed by atoms with Crippen LogP contribution in [0.1, 0.15) is 28.5 Å². The fourth-order valence-corrected chi connectivity index (χ4v) is 4.89. The summed E-state index contributed by atoms with van der Waals surface area (Å²) in [4.78, 5) is 39.9. The van der Waals surface area contributed by atoms with E-state index in [1.807, 2.05) is 11.0 Å². The van der Waals surface area contributed by atoms with E-state index in [-0.39, 0.29) is 30.1 Å². The lowest BCUT2D eigenvalue weighted by atomic mass is 10.00. The number of carbonyl (C=O) groups is 2. The van der Waals surface area contributed by atoms with Crippen LogP contribution in [-0.2, 0) is 22.5 Å². The molecule has 3 aliphatic rings. The van der Waals surface area contributed by atoms with E-state index >= 15 is 0 Å². The van der Waals surface area contributed by atoms with Crippen molar-refractivity contribution < 1.29 is 19.4 Å². The van der Waals surface area contributed by atoms with Gasteiger partial charge in [-0.2, -0.15) is 4.98 Å². The molecule has 0 bridgehead atoms. The summed E-state index contributed by atoms with van der Waals surface area (Å²) in [5.41, 5.74) is 2.89. The first-order valence-corrected chi connectivity index (χ1v) is 12.9. The third-order valence-electron chi connectivity index (χ3n) is 7.12. The van der Waals surface area contributed by atoms with Gasteiger partial charge in [0.25, 0.3) is 5.91 Å². The molecule has 5 rings (SSSR count). The van der Waals surface area contributed by atoms with Gasteiger partial charge in [0.1, 0.15) is 11.5 Å². The molecule has 198 valence electrons. The van der Waals surface area contributed by atoms with E-state index in [0.29, 0.717) is 57.7 Å². The molecule has 3 aliphatic heterocycles. The van der Waals surface area contributed by atoms with Crippen LogP contribution in [0.2, 0.25) is 0 Å². The Morgan fingerprint density at radius 1 is 1.11 bits per heavy atom. The van der Waals surface area contributed by atoms with Gasteiger partial charge in [-0.3, -0.25) is 14.5 Å². The summed E-state index contributed by atoms with van der Waals surface area (Å²) in [7, 11) is 0. The highest BCUT2D eigenvalue weighted by atomic mass is 16.5. The zero-order valence-corrected chi connectivity index (χ0v) is 21.2. The zero-order chi connectivity index (χ0) is 25.8. The minimum Gasteiger partial charge on any atom is -0.390 e. The molecule has 1 atom stereocenters. The second-order valence-electron chi connectivity index (χ2n) is 9.93. The van der Waals surface area contributed by atoms with Crippen LogP contribution < -0.4 is 15.5 Å². The highest BCUT2D eigenvalue weighted by Gasteiger charge is 2.25. The van der Waals surface area contributed by atoms with Crippen LogP contribution in [0.25, 0.3) is 0 Å². The van der Waals surface area contributed by atoms with Gasteiger partial charge in [0.15, 0.2) is 0 Å². The Hall–Kier alpha value is -3.28. The Bertz CT molecular complexity index is 1120. The van der Waals surface area contributed by atoms with Crippen molar-refractivity contribution in [3.63, 3.8) is 0 Å². The number of benzene rings is 1. The van der Waals surface area contributed by atoms with Gasteiger partial charge in [0.05, 0.1) is 25.4 Å². The zero-order valence-electron chi connectivity index (χ0n) is 21.2. The van der Waals surface area contributed by atoms with E-state index in [1.54, 1.807) is 17.9 Å². The van der Waals surface area contributed by atoms with Gasteiger partial charge in [0, 0.05) is 65.3 Å². The van der Waals surface area contributed by atoms with E-state index in [4.69, 9.17) is 4.74 Å². The Kier molecular flexibility index (Phi) is 7.82. The van der Waals surface area contributed by atoms with Gasteiger partial charge in [-0.25, -0.2) is 4.98 Å². The minimum atomic E-state index is -0.695. The number of amides is 2. The number of carbonyl (C=O) groups excluding carboxylic acids is 2. The lowest BCUT2D eigenvalue weighted by Crippen LogP contribution is -2.49. The number of ether oxygens (including phenoxy) is 1. The summed E-state index contributed by atoms with van der Waals surface area (Å²) < 4.78 is 5.25. The molecule has 2 amide bonds. The molecule has 37 heavy (non-hydrogen) atoms. The monoisotopic (exact) mass is 509 g/mol. The van der Waals surface area contributed by atoms with Gasteiger partial charge in [-0.15, -0.1) is 0 Å². The molecule has 11 heteroatoms. The molecule has 1 unspecified atom stereocenters. The maximum absolute atomic E-state index is 13.1. The lowest BCUT2D eigenvalue weighted by molar-refractivity contribution is -0.129. The largest absolute Gasteiger partial charge is 0.390 e. The maximum Gasteiger partial charge on any atom is 0.270 e. The van der Waals surface area contributed by atoms with Crippen LogP contribution in [0.5, 0.6) is 0 Å². The fraction of sp³-hybridized carbons (Fsp3) is 0.538. The molecule has 2 fully saturated rings. The molecule has 4 heterocycles. The SMILES string of the molecule is CC(=O)N1CCN(c2nc(NC3COC3)cc(C(=O)NCC(O)CN3CCc4ccccc4C3)n2)CC1. The third kappa shape index (κ3) is 6.35. The lowest BCUT2D eigenvalue weighted by Gasteiger charge is -2.34. The van der Waals surface area contributed by atoms with Gasteiger partial charge < -0.3 is 30.3 Å². The van der Waals surface area contributed by atoms with E-state index in [2.05, 4.69) is 43.7 Å². The van der Waals surface area contributed by atoms with Crippen molar-refractivity contribution in [3.05, 3.63) is 47.2 Å². The normalized spacial score (nSPS) is 19.1. The number of rotatable bonds is 8. The third-order valence-corrected chi connectivity index (χ3v) is 7.12. The molecule has 3 N–H and O–H groups in total. The number of fused-ring (bicyclic) bond motifs is 1. The van der Waals surface area contributed by atoms with E-state index < -0.39 is 6.10 Å². The first kappa shape index (κ1) is 25.4. The molecule has 0 radical (unpaired) electrons. The highest BCUT2D eigenvalue weighted by Crippen LogP contribution is 2.20. The van der Waals surface area contributed by atoms with E-state index in [1.165, 1.54) is 11.1 Å². The fourth-order valence-electron chi connectivity index (χ4n) is 4.89. The van der Waals surface area contributed by atoms with Crippen LogP contribution in [0.3, 0.4) is 0 Å². The summed E-state index contributed by atoms with van der Waals surface area (Å²) in [5.74, 6) is 0.700. The highest BCUT2D eigenvalue weighted by molar-refractivity contribution is 5.93. The van der Waals surface area contributed by atoms with Gasteiger partial charge >= 0.3 is 0 Å². The average molecular weight is 510 g/mol. The summed E-state index contributed by atoms with van der Waals surface area (Å²) in [5, 5.41) is 16.8. The standard InChI is InChI=1S/C26H35N7O4/c1-18(34)32-8-10-33(11-9-32)26-29-23(12-24(30-26)28-21-16-37-17-21)25(36)27-13-22(35)15-31-7-6-19-4-2-3-5-20(19)14-31/h2-5,12,21-22,35H,6-11,13-17H2,1H3,(H,27,36)(H,28,29,30). The first-order valence-electron chi connectivity index (χ1n) is 12.9.